The highest BCUT2D eigenvalue weighted by Crippen LogP contribution is 2.29. The molecule has 1 aliphatic rings. The van der Waals surface area contributed by atoms with Crippen LogP contribution >= 0.6 is 8.88 Å². The maximum Gasteiger partial charge on any atom is 0.301 e. The second-order valence-electron chi connectivity index (χ2n) is 3.25. The molecule has 1 rings (SSSR count). The van der Waals surface area contributed by atoms with E-state index in [9.17, 15) is 0 Å². The summed E-state index contributed by atoms with van der Waals surface area (Å²) >= 11 is 0. The first kappa shape index (κ1) is 9.53. The van der Waals surface area contributed by atoms with Gasteiger partial charge in [-0.3, -0.25) is 0 Å². The van der Waals surface area contributed by atoms with E-state index in [-0.39, 0.29) is 0 Å². The summed E-state index contributed by atoms with van der Waals surface area (Å²) in [5.41, 5.74) is 0. The maximum absolute atomic E-state index is 2.37. The van der Waals surface area contributed by atoms with Crippen LogP contribution in [0.2, 0.25) is 13.6 Å². The fourth-order valence-electron chi connectivity index (χ4n) is 1.27. The van der Waals surface area contributed by atoms with Crippen LogP contribution in [0, 0.1) is 0 Å². The first-order valence-electron chi connectivity index (χ1n) is 3.98. The minimum Gasteiger partial charge on any atom is -0.358 e. The smallest absolute Gasteiger partial charge is 0.301 e. The summed E-state index contributed by atoms with van der Waals surface area (Å²) in [7, 11) is 7.33. The fourth-order valence-corrected chi connectivity index (χ4v) is 2.47. The third-order valence-corrected chi connectivity index (χ3v) is 3.99. The van der Waals surface area contributed by atoms with Gasteiger partial charge < -0.3 is 13.9 Å². The van der Waals surface area contributed by atoms with Crippen molar-refractivity contribution in [1.29, 1.82) is 0 Å². The molecule has 0 unspecified atom stereocenters. The SMILES string of the molecule is CB1N(C)PN(C)B(C)N1C. The molecule has 0 saturated carbocycles. The fraction of sp³-hybridized carbons (Fsp3) is 1.00. The molecule has 3 nitrogen and oxygen atoms in total. The summed E-state index contributed by atoms with van der Waals surface area (Å²) in [4.78, 5) is 0. The zero-order valence-electron chi connectivity index (χ0n) is 8.00. The monoisotopic (exact) mass is 171 g/mol. The Morgan fingerprint density at radius 2 is 1.27 bits per heavy atom. The molecule has 62 valence electrons. The molecule has 0 bridgehead atoms. The normalized spacial score (nSPS) is 24.8. The molecule has 1 aliphatic heterocycles. The van der Waals surface area contributed by atoms with Crippen LogP contribution in [-0.2, 0) is 0 Å². The molecule has 1 fully saturated rings. The van der Waals surface area contributed by atoms with E-state index < -0.39 is 0 Å². The summed E-state index contributed by atoms with van der Waals surface area (Å²) in [6.45, 7) is 5.63. The van der Waals surface area contributed by atoms with Crippen LogP contribution in [0.3, 0.4) is 0 Å². The zero-order valence-corrected chi connectivity index (χ0v) is 9.00. The van der Waals surface area contributed by atoms with Crippen molar-refractivity contribution >= 4 is 22.8 Å². The molecule has 0 radical (unpaired) electrons. The van der Waals surface area contributed by atoms with E-state index in [1.165, 1.54) is 0 Å². The van der Waals surface area contributed by atoms with Crippen molar-refractivity contribution in [3.05, 3.63) is 0 Å². The van der Waals surface area contributed by atoms with Gasteiger partial charge in [-0.05, 0) is 21.1 Å². The summed E-state index contributed by atoms with van der Waals surface area (Å²) in [6, 6.07) is 0. The number of hydrogen-bond acceptors (Lipinski definition) is 3. The quantitative estimate of drug-likeness (QED) is 0.388. The van der Waals surface area contributed by atoms with Crippen LogP contribution < -0.4 is 0 Å². The maximum atomic E-state index is 2.37. The molecule has 0 amide bonds. The van der Waals surface area contributed by atoms with E-state index in [1.807, 2.05) is 0 Å². The van der Waals surface area contributed by atoms with Gasteiger partial charge in [0.05, 0.1) is 0 Å². The molecule has 0 N–H and O–H groups in total. The summed E-state index contributed by atoms with van der Waals surface area (Å²) in [6.07, 6.45) is 0. The van der Waals surface area contributed by atoms with E-state index in [1.54, 1.807) is 0 Å². The predicted molar refractivity (Wildman–Crippen MR) is 54.8 cm³/mol. The van der Waals surface area contributed by atoms with Crippen molar-refractivity contribution in [2.45, 2.75) is 13.6 Å². The van der Waals surface area contributed by atoms with Crippen LogP contribution in [0.25, 0.3) is 0 Å². The summed E-state index contributed by atoms with van der Waals surface area (Å²) in [5.74, 6) is 0. The van der Waals surface area contributed by atoms with E-state index >= 15 is 0 Å². The minimum absolute atomic E-state index is 0.569. The second kappa shape index (κ2) is 3.44. The molecule has 1 heterocycles. The Hall–Kier alpha value is 0.440. The van der Waals surface area contributed by atoms with Gasteiger partial charge in [0.1, 0.15) is 0 Å². The Morgan fingerprint density at radius 1 is 0.909 bits per heavy atom. The summed E-state index contributed by atoms with van der Waals surface area (Å²) in [5, 5.41) is 0. The van der Waals surface area contributed by atoms with Crippen molar-refractivity contribution in [2.75, 3.05) is 21.1 Å². The Kier molecular flexibility index (Phi) is 2.98. The average molecular weight is 171 g/mol. The van der Waals surface area contributed by atoms with Crippen molar-refractivity contribution in [2.24, 2.45) is 0 Å². The van der Waals surface area contributed by atoms with Crippen LogP contribution in [0.5, 0.6) is 0 Å². The molecule has 1 saturated heterocycles. The predicted octanol–water partition coefficient (Wildman–Crippen LogP) is 0.540. The van der Waals surface area contributed by atoms with E-state index in [0.29, 0.717) is 14.0 Å². The third-order valence-electron chi connectivity index (χ3n) is 2.62. The molecule has 0 aromatic heterocycles. The van der Waals surface area contributed by atoms with E-state index in [4.69, 9.17) is 0 Å². The third kappa shape index (κ3) is 1.78. The van der Waals surface area contributed by atoms with Gasteiger partial charge in [-0.2, -0.15) is 0 Å². The van der Waals surface area contributed by atoms with Crippen molar-refractivity contribution in [3.63, 3.8) is 0 Å². The van der Waals surface area contributed by atoms with Gasteiger partial charge >= 0.3 is 14.0 Å². The molecule has 0 aromatic rings. The largest absolute Gasteiger partial charge is 0.358 e. The number of hydrogen-bond donors (Lipinski definition) is 0. The van der Waals surface area contributed by atoms with Gasteiger partial charge in [0.2, 0.25) is 0 Å². The van der Waals surface area contributed by atoms with Gasteiger partial charge in [-0.1, -0.05) is 13.6 Å². The number of nitrogens with zero attached hydrogens (tertiary/aromatic N) is 3. The van der Waals surface area contributed by atoms with Gasteiger partial charge in [-0.25, -0.2) is 0 Å². The van der Waals surface area contributed by atoms with Crippen molar-refractivity contribution < 1.29 is 0 Å². The topological polar surface area (TPSA) is 9.72 Å². The molecule has 6 heteroatoms. The Bertz CT molecular complexity index is 134. The number of rotatable bonds is 0. The second-order valence-corrected chi connectivity index (χ2v) is 4.86. The molecule has 0 spiro atoms. The molecular formula is C5H16B2N3P. The Balaban J connectivity index is 2.63. The van der Waals surface area contributed by atoms with Gasteiger partial charge in [0.15, 0.2) is 0 Å². The van der Waals surface area contributed by atoms with E-state index in [2.05, 4.69) is 48.7 Å². The Labute approximate surface area is 72.2 Å². The lowest BCUT2D eigenvalue weighted by atomic mass is 9.63. The van der Waals surface area contributed by atoms with Crippen molar-refractivity contribution in [3.8, 4) is 0 Å². The average Bonchev–Trinajstić information content (AvgIpc) is 1.97. The molecule has 0 atom stereocenters. The highest BCUT2D eigenvalue weighted by molar-refractivity contribution is 7.38. The van der Waals surface area contributed by atoms with Crippen LogP contribution in [0.15, 0.2) is 0 Å². The molecule has 11 heavy (non-hydrogen) atoms. The first-order chi connectivity index (χ1) is 5.04. The molecular weight excluding hydrogens is 155 g/mol. The zero-order chi connectivity index (χ0) is 8.59. The van der Waals surface area contributed by atoms with Crippen LogP contribution in [0.1, 0.15) is 0 Å². The standard InChI is InChI=1S/C5H16B2N3P/c1-6-8(3)7(2)10(5)11-9(6)4/h11H,1-5H3. The Morgan fingerprint density at radius 3 is 1.64 bits per heavy atom. The lowest BCUT2D eigenvalue weighted by Gasteiger charge is -2.43. The van der Waals surface area contributed by atoms with Gasteiger partial charge in [0, 0.05) is 8.88 Å². The van der Waals surface area contributed by atoms with Gasteiger partial charge in [-0.15, -0.1) is 0 Å². The highest BCUT2D eigenvalue weighted by Gasteiger charge is 2.34. The summed E-state index contributed by atoms with van der Waals surface area (Å²) < 4.78 is 7.09. The van der Waals surface area contributed by atoms with Crippen molar-refractivity contribution in [1.82, 2.24) is 13.9 Å². The van der Waals surface area contributed by atoms with Crippen LogP contribution in [0.4, 0.5) is 0 Å². The van der Waals surface area contributed by atoms with Gasteiger partial charge in [0.25, 0.3) is 0 Å². The molecule has 0 aliphatic carbocycles. The molecule has 0 aromatic carbocycles. The van der Waals surface area contributed by atoms with E-state index in [0.717, 1.165) is 8.88 Å². The first-order valence-corrected chi connectivity index (χ1v) is 4.87. The lowest BCUT2D eigenvalue weighted by molar-refractivity contribution is 0.593. The highest BCUT2D eigenvalue weighted by atomic mass is 31.1. The van der Waals surface area contributed by atoms with Crippen LogP contribution in [-0.4, -0.2) is 49.0 Å². The lowest BCUT2D eigenvalue weighted by Crippen LogP contribution is -2.59. The minimum atomic E-state index is 0.569.